The number of ether oxygens (including phenoxy) is 2. The van der Waals surface area contributed by atoms with Crippen molar-refractivity contribution in [2.24, 2.45) is 0 Å². The molecule has 120 valence electrons. The third kappa shape index (κ3) is 4.27. The normalized spacial score (nSPS) is 10.2. The minimum absolute atomic E-state index is 0.117. The van der Waals surface area contributed by atoms with Gasteiger partial charge in [-0.05, 0) is 53.2 Å². The Bertz CT molecular complexity index is 766. The summed E-state index contributed by atoms with van der Waals surface area (Å²) in [6.07, 6.45) is 0. The number of hydrogen-bond acceptors (Lipinski definition) is 6. The summed E-state index contributed by atoms with van der Waals surface area (Å²) in [6.45, 7) is 1.05. The smallest absolute Gasteiger partial charge is 0.348 e. The van der Waals surface area contributed by atoms with Crippen LogP contribution in [0.3, 0.4) is 0 Å². The van der Waals surface area contributed by atoms with E-state index >= 15 is 0 Å². The van der Waals surface area contributed by atoms with Gasteiger partial charge in [-0.1, -0.05) is 0 Å². The summed E-state index contributed by atoms with van der Waals surface area (Å²) >= 11 is 4.34. The maximum Gasteiger partial charge on any atom is 0.348 e. The van der Waals surface area contributed by atoms with Crippen LogP contribution < -0.4 is 4.74 Å². The van der Waals surface area contributed by atoms with E-state index in [4.69, 9.17) is 9.47 Å². The summed E-state index contributed by atoms with van der Waals surface area (Å²) in [4.78, 5) is 35.9. The number of carbonyl (C=O) groups excluding carboxylic acids is 3. The molecule has 0 N–H and O–H groups in total. The molecule has 1 aromatic heterocycles. The van der Waals surface area contributed by atoms with E-state index in [0.29, 0.717) is 25.5 Å². The maximum absolute atomic E-state index is 12.1. The Morgan fingerprint density at radius 2 is 1.83 bits per heavy atom. The standard InChI is InChI=1S/C16H13BrO5S/c1-9(18)14-5-6-15(23-14)16(20)22-8-12(19)10-3-4-13(21-2)11(17)7-10/h3-7H,8H2,1-2H3. The van der Waals surface area contributed by atoms with Crippen molar-refractivity contribution in [3.05, 3.63) is 50.1 Å². The zero-order chi connectivity index (χ0) is 17.0. The fourth-order valence-corrected chi connectivity index (χ4v) is 3.10. The largest absolute Gasteiger partial charge is 0.496 e. The van der Waals surface area contributed by atoms with Crippen LogP contribution in [0.2, 0.25) is 0 Å². The molecule has 0 fully saturated rings. The highest BCUT2D eigenvalue weighted by Gasteiger charge is 2.16. The van der Waals surface area contributed by atoms with E-state index in [9.17, 15) is 14.4 Å². The highest BCUT2D eigenvalue weighted by molar-refractivity contribution is 9.10. The summed E-state index contributed by atoms with van der Waals surface area (Å²) in [7, 11) is 1.53. The Hall–Kier alpha value is -1.99. The number of ketones is 2. The van der Waals surface area contributed by atoms with Gasteiger partial charge in [-0.25, -0.2) is 4.79 Å². The quantitative estimate of drug-likeness (QED) is 0.549. The predicted octanol–water partition coefficient (Wildman–Crippen LogP) is 3.76. The number of esters is 1. The fraction of sp³-hybridized carbons (Fsp3) is 0.188. The van der Waals surface area contributed by atoms with Gasteiger partial charge in [-0.2, -0.15) is 0 Å². The lowest BCUT2D eigenvalue weighted by molar-refractivity contribution is 0.0479. The van der Waals surface area contributed by atoms with Crippen molar-refractivity contribution in [2.75, 3.05) is 13.7 Å². The molecule has 2 aromatic rings. The Labute approximate surface area is 145 Å². The molecule has 0 aliphatic heterocycles. The molecule has 0 bridgehead atoms. The molecule has 1 heterocycles. The van der Waals surface area contributed by atoms with Gasteiger partial charge in [0.05, 0.1) is 16.5 Å². The predicted molar refractivity (Wildman–Crippen MR) is 89.6 cm³/mol. The second-order valence-electron chi connectivity index (χ2n) is 4.57. The second-order valence-corrected chi connectivity index (χ2v) is 6.51. The van der Waals surface area contributed by atoms with Crippen LogP contribution in [0.4, 0.5) is 0 Å². The summed E-state index contributed by atoms with van der Waals surface area (Å²) < 4.78 is 10.7. The fourth-order valence-electron chi connectivity index (χ4n) is 1.76. The van der Waals surface area contributed by atoms with E-state index in [1.165, 1.54) is 20.1 Å². The van der Waals surface area contributed by atoms with E-state index in [1.807, 2.05) is 0 Å². The molecule has 0 amide bonds. The highest BCUT2D eigenvalue weighted by Crippen LogP contribution is 2.25. The van der Waals surface area contributed by atoms with Crippen LogP contribution in [0.25, 0.3) is 0 Å². The SMILES string of the molecule is COc1ccc(C(=O)COC(=O)c2ccc(C(C)=O)s2)cc1Br. The Kier molecular flexibility index (Phi) is 5.68. The van der Waals surface area contributed by atoms with Gasteiger partial charge in [0.25, 0.3) is 0 Å². The third-order valence-electron chi connectivity index (χ3n) is 2.96. The average Bonchev–Trinajstić information content (AvgIpc) is 3.02. The van der Waals surface area contributed by atoms with Crippen LogP contribution in [0.1, 0.15) is 36.6 Å². The lowest BCUT2D eigenvalue weighted by Gasteiger charge is -2.06. The van der Waals surface area contributed by atoms with Crippen molar-refractivity contribution in [3.63, 3.8) is 0 Å². The van der Waals surface area contributed by atoms with Gasteiger partial charge in [-0.15, -0.1) is 11.3 Å². The van der Waals surface area contributed by atoms with Crippen molar-refractivity contribution < 1.29 is 23.9 Å². The van der Waals surface area contributed by atoms with Crippen LogP contribution in [-0.4, -0.2) is 31.3 Å². The number of methoxy groups -OCH3 is 1. The first-order valence-corrected chi connectivity index (χ1v) is 8.18. The number of Topliss-reactive ketones (excluding diaryl/α,β-unsaturated/α-hetero) is 2. The minimum Gasteiger partial charge on any atom is -0.496 e. The molecule has 7 heteroatoms. The van der Waals surface area contributed by atoms with Crippen molar-refractivity contribution >= 4 is 44.8 Å². The first-order chi connectivity index (χ1) is 10.9. The summed E-state index contributed by atoms with van der Waals surface area (Å²) in [6, 6.07) is 7.93. The van der Waals surface area contributed by atoms with Crippen molar-refractivity contribution in [1.29, 1.82) is 0 Å². The van der Waals surface area contributed by atoms with Crippen molar-refractivity contribution in [1.82, 2.24) is 0 Å². The molecule has 23 heavy (non-hydrogen) atoms. The zero-order valence-corrected chi connectivity index (χ0v) is 14.8. The number of thiophene rings is 1. The van der Waals surface area contributed by atoms with Crippen LogP contribution >= 0.6 is 27.3 Å². The van der Waals surface area contributed by atoms with Gasteiger partial charge < -0.3 is 9.47 Å². The maximum atomic E-state index is 12.1. The van der Waals surface area contributed by atoms with Crippen LogP contribution in [0.15, 0.2) is 34.8 Å². The zero-order valence-electron chi connectivity index (χ0n) is 12.4. The van der Waals surface area contributed by atoms with Gasteiger partial charge in [0.15, 0.2) is 18.2 Å². The van der Waals surface area contributed by atoms with Gasteiger partial charge in [0.1, 0.15) is 10.6 Å². The Morgan fingerprint density at radius 1 is 1.13 bits per heavy atom. The summed E-state index contributed by atoms with van der Waals surface area (Å²) in [5, 5.41) is 0. The number of carbonyl (C=O) groups is 3. The molecule has 0 atom stereocenters. The molecule has 1 aromatic carbocycles. The second kappa shape index (κ2) is 7.52. The number of rotatable bonds is 6. The molecule has 5 nitrogen and oxygen atoms in total. The number of benzene rings is 1. The average molecular weight is 397 g/mol. The van der Waals surface area contributed by atoms with E-state index in [2.05, 4.69) is 15.9 Å². The third-order valence-corrected chi connectivity index (χ3v) is 4.75. The molecule has 0 spiro atoms. The van der Waals surface area contributed by atoms with Gasteiger partial charge >= 0.3 is 5.97 Å². The Balaban J connectivity index is 1.99. The highest BCUT2D eigenvalue weighted by atomic mass is 79.9. The van der Waals surface area contributed by atoms with Crippen LogP contribution in [0.5, 0.6) is 5.75 Å². The van der Waals surface area contributed by atoms with E-state index < -0.39 is 5.97 Å². The molecular weight excluding hydrogens is 384 g/mol. The van der Waals surface area contributed by atoms with E-state index in [1.54, 1.807) is 24.3 Å². The first kappa shape index (κ1) is 17.4. The lowest BCUT2D eigenvalue weighted by Crippen LogP contribution is -2.13. The van der Waals surface area contributed by atoms with Gasteiger partial charge in [0, 0.05) is 5.56 Å². The van der Waals surface area contributed by atoms with Crippen molar-refractivity contribution in [2.45, 2.75) is 6.92 Å². The van der Waals surface area contributed by atoms with Gasteiger partial charge in [-0.3, -0.25) is 9.59 Å². The number of halogens is 1. The van der Waals surface area contributed by atoms with Crippen LogP contribution in [0, 0.1) is 0 Å². The monoisotopic (exact) mass is 396 g/mol. The van der Waals surface area contributed by atoms with E-state index in [-0.39, 0.29) is 18.2 Å². The molecule has 0 aliphatic rings. The first-order valence-electron chi connectivity index (χ1n) is 6.57. The molecule has 2 rings (SSSR count). The van der Waals surface area contributed by atoms with Gasteiger partial charge in [0.2, 0.25) is 0 Å². The van der Waals surface area contributed by atoms with Crippen molar-refractivity contribution in [3.8, 4) is 5.75 Å². The Morgan fingerprint density at radius 3 is 2.39 bits per heavy atom. The number of hydrogen-bond donors (Lipinski definition) is 0. The van der Waals surface area contributed by atoms with E-state index in [0.717, 1.165) is 11.3 Å². The molecule has 0 saturated heterocycles. The topological polar surface area (TPSA) is 69.7 Å². The molecule has 0 saturated carbocycles. The lowest BCUT2D eigenvalue weighted by atomic mass is 10.1. The molecule has 0 aliphatic carbocycles. The van der Waals surface area contributed by atoms with Crippen LogP contribution in [-0.2, 0) is 4.74 Å². The molecule has 0 unspecified atom stereocenters. The minimum atomic E-state index is -0.622. The molecular formula is C16H13BrO5S. The molecule has 0 radical (unpaired) electrons. The summed E-state index contributed by atoms with van der Waals surface area (Å²) in [5.74, 6) is -0.462. The summed E-state index contributed by atoms with van der Waals surface area (Å²) in [5.41, 5.74) is 0.404.